The maximum Gasteiger partial charge on any atom is 0.138 e. The molecule has 1 heterocycles. The lowest BCUT2D eigenvalue weighted by atomic mass is 9.94. The molecule has 0 aliphatic rings. The normalized spacial score (nSPS) is 10.8. The van der Waals surface area contributed by atoms with Crippen LogP contribution in [0.25, 0.3) is 11.3 Å². The summed E-state index contributed by atoms with van der Waals surface area (Å²) in [4.78, 5) is 4.75. The number of nitrogens with zero attached hydrogens (tertiary/aromatic N) is 1. The SMILES string of the molecule is CCc1cccc(CC)c1-c1cc(OC)c(COc2cc(C)c(C)cc2Cl)cn1. The Kier molecular flexibility index (Phi) is 6.81. The first kappa shape index (κ1) is 21.2. The fraction of sp³-hybridized carbons (Fsp3) is 0.320. The maximum absolute atomic E-state index is 6.34. The van der Waals surface area contributed by atoms with Gasteiger partial charge < -0.3 is 9.47 Å². The molecule has 29 heavy (non-hydrogen) atoms. The molecule has 0 aliphatic carbocycles. The number of aromatic nitrogens is 1. The highest BCUT2D eigenvalue weighted by molar-refractivity contribution is 6.32. The second-order valence-corrected chi connectivity index (χ2v) is 7.60. The summed E-state index contributed by atoms with van der Waals surface area (Å²) < 4.78 is 11.6. The summed E-state index contributed by atoms with van der Waals surface area (Å²) in [6.45, 7) is 8.77. The minimum Gasteiger partial charge on any atom is -0.496 e. The van der Waals surface area contributed by atoms with Crippen molar-refractivity contribution in [2.45, 2.75) is 47.1 Å². The molecule has 0 fully saturated rings. The van der Waals surface area contributed by atoms with Crippen molar-refractivity contribution < 1.29 is 9.47 Å². The largest absolute Gasteiger partial charge is 0.496 e. The second kappa shape index (κ2) is 9.32. The molecular weight excluding hydrogens is 382 g/mol. The minimum atomic E-state index is 0.342. The summed E-state index contributed by atoms with van der Waals surface area (Å²) in [5, 5.41) is 0.612. The molecule has 4 heteroatoms. The van der Waals surface area contributed by atoms with Crippen LogP contribution in [0.4, 0.5) is 0 Å². The Morgan fingerprint density at radius 3 is 2.17 bits per heavy atom. The molecule has 1 aromatic heterocycles. The summed E-state index contributed by atoms with van der Waals surface area (Å²) in [5.41, 5.74) is 7.91. The highest BCUT2D eigenvalue weighted by Gasteiger charge is 2.14. The quantitative estimate of drug-likeness (QED) is 0.433. The lowest BCUT2D eigenvalue weighted by molar-refractivity contribution is 0.296. The third kappa shape index (κ3) is 4.56. The Bertz CT molecular complexity index is 992. The molecule has 0 radical (unpaired) electrons. The van der Waals surface area contributed by atoms with Gasteiger partial charge in [-0.2, -0.15) is 0 Å². The highest BCUT2D eigenvalue weighted by Crippen LogP contribution is 2.33. The third-order valence-electron chi connectivity index (χ3n) is 5.35. The van der Waals surface area contributed by atoms with Gasteiger partial charge in [0.05, 0.1) is 17.8 Å². The summed E-state index contributed by atoms with van der Waals surface area (Å²) in [6.07, 6.45) is 3.77. The fourth-order valence-electron chi connectivity index (χ4n) is 3.49. The molecule has 152 valence electrons. The average Bonchev–Trinajstić information content (AvgIpc) is 2.74. The molecule has 0 aliphatic heterocycles. The van der Waals surface area contributed by atoms with E-state index in [2.05, 4.69) is 32.0 Å². The van der Waals surface area contributed by atoms with Gasteiger partial charge in [0, 0.05) is 23.4 Å². The standard InChI is InChI=1S/C25H28ClNO2/c1-6-18-9-8-10-19(7-2)25(18)22-13-23(28-5)20(14-27-22)15-29-24-12-17(4)16(3)11-21(24)26/h8-14H,6-7,15H2,1-5H3. The van der Waals surface area contributed by atoms with Crippen molar-refractivity contribution in [3.63, 3.8) is 0 Å². The van der Waals surface area contributed by atoms with Crippen molar-refractivity contribution in [3.8, 4) is 22.8 Å². The van der Waals surface area contributed by atoms with Gasteiger partial charge in [-0.25, -0.2) is 0 Å². The molecule has 0 saturated heterocycles. The van der Waals surface area contributed by atoms with Crippen molar-refractivity contribution in [2.75, 3.05) is 7.11 Å². The molecule has 0 bridgehead atoms. The van der Waals surface area contributed by atoms with E-state index in [1.807, 2.05) is 38.2 Å². The zero-order chi connectivity index (χ0) is 21.0. The van der Waals surface area contributed by atoms with Crippen LogP contribution in [0.1, 0.15) is 41.7 Å². The molecule has 3 rings (SSSR count). The summed E-state index contributed by atoms with van der Waals surface area (Å²) >= 11 is 6.34. The van der Waals surface area contributed by atoms with E-state index in [1.54, 1.807) is 7.11 Å². The van der Waals surface area contributed by atoms with Crippen molar-refractivity contribution in [1.82, 2.24) is 4.98 Å². The molecule has 0 saturated carbocycles. The molecule has 0 atom stereocenters. The predicted octanol–water partition coefficient (Wildman–Crippen LogP) is 6.73. The highest BCUT2D eigenvalue weighted by atomic mass is 35.5. The van der Waals surface area contributed by atoms with E-state index in [4.69, 9.17) is 26.1 Å². The number of hydrogen-bond donors (Lipinski definition) is 0. The number of benzene rings is 2. The van der Waals surface area contributed by atoms with Gasteiger partial charge in [-0.1, -0.05) is 43.6 Å². The number of aryl methyl sites for hydroxylation is 4. The van der Waals surface area contributed by atoms with Crippen molar-refractivity contribution >= 4 is 11.6 Å². The average molecular weight is 410 g/mol. The fourth-order valence-corrected chi connectivity index (χ4v) is 3.77. The van der Waals surface area contributed by atoms with Crippen LogP contribution in [-0.2, 0) is 19.4 Å². The van der Waals surface area contributed by atoms with E-state index in [9.17, 15) is 0 Å². The Morgan fingerprint density at radius 1 is 0.897 bits per heavy atom. The number of rotatable bonds is 7. The zero-order valence-electron chi connectivity index (χ0n) is 17.8. The molecule has 3 aromatic rings. The summed E-state index contributed by atoms with van der Waals surface area (Å²) in [5.74, 6) is 1.44. The Morgan fingerprint density at radius 2 is 1.55 bits per heavy atom. The van der Waals surface area contributed by atoms with Gasteiger partial charge in [-0.15, -0.1) is 0 Å². The topological polar surface area (TPSA) is 31.4 Å². The number of methoxy groups -OCH3 is 1. The lowest BCUT2D eigenvalue weighted by Gasteiger charge is -2.16. The molecule has 0 amide bonds. The van der Waals surface area contributed by atoms with Crippen molar-refractivity contribution in [2.24, 2.45) is 0 Å². The van der Waals surface area contributed by atoms with Crippen LogP contribution in [0.5, 0.6) is 11.5 Å². The van der Waals surface area contributed by atoms with E-state index >= 15 is 0 Å². The number of pyridine rings is 1. The van der Waals surface area contributed by atoms with E-state index in [-0.39, 0.29) is 0 Å². The molecule has 0 N–H and O–H groups in total. The van der Waals surface area contributed by atoms with Gasteiger partial charge in [0.1, 0.15) is 18.1 Å². The Labute approximate surface area is 178 Å². The first-order valence-corrected chi connectivity index (χ1v) is 10.4. The lowest BCUT2D eigenvalue weighted by Crippen LogP contribution is -2.03. The Hall–Kier alpha value is -2.52. The Balaban J connectivity index is 1.92. The van der Waals surface area contributed by atoms with Gasteiger partial charge in [-0.05, 0) is 61.1 Å². The summed E-state index contributed by atoms with van der Waals surface area (Å²) in [6, 6.07) is 12.4. The van der Waals surface area contributed by atoms with Crippen LogP contribution in [0.2, 0.25) is 5.02 Å². The van der Waals surface area contributed by atoms with E-state index < -0.39 is 0 Å². The van der Waals surface area contributed by atoms with E-state index in [0.717, 1.165) is 41.0 Å². The first-order chi connectivity index (χ1) is 14.0. The smallest absolute Gasteiger partial charge is 0.138 e. The first-order valence-electron chi connectivity index (χ1n) is 10.0. The number of hydrogen-bond acceptors (Lipinski definition) is 3. The van der Waals surface area contributed by atoms with Crippen molar-refractivity contribution in [3.05, 3.63) is 75.4 Å². The zero-order valence-corrected chi connectivity index (χ0v) is 18.6. The van der Waals surface area contributed by atoms with Gasteiger partial charge in [0.15, 0.2) is 0 Å². The van der Waals surface area contributed by atoms with E-state index in [1.165, 1.54) is 16.7 Å². The van der Waals surface area contributed by atoms with Crippen LogP contribution in [0.3, 0.4) is 0 Å². The third-order valence-corrected chi connectivity index (χ3v) is 5.65. The molecular formula is C25H28ClNO2. The number of halogens is 1. The molecule has 2 aromatic carbocycles. The molecule has 3 nitrogen and oxygen atoms in total. The van der Waals surface area contributed by atoms with Gasteiger partial charge in [-0.3, -0.25) is 4.98 Å². The van der Waals surface area contributed by atoms with Crippen LogP contribution in [0, 0.1) is 13.8 Å². The maximum atomic E-state index is 6.34. The second-order valence-electron chi connectivity index (χ2n) is 7.20. The van der Waals surface area contributed by atoms with Gasteiger partial charge in [0.2, 0.25) is 0 Å². The van der Waals surface area contributed by atoms with Crippen LogP contribution < -0.4 is 9.47 Å². The van der Waals surface area contributed by atoms with Crippen LogP contribution in [-0.4, -0.2) is 12.1 Å². The summed E-state index contributed by atoms with van der Waals surface area (Å²) in [7, 11) is 1.68. The van der Waals surface area contributed by atoms with E-state index in [0.29, 0.717) is 17.4 Å². The van der Waals surface area contributed by atoms with Gasteiger partial charge >= 0.3 is 0 Å². The molecule has 0 unspecified atom stereocenters. The van der Waals surface area contributed by atoms with Crippen molar-refractivity contribution in [1.29, 1.82) is 0 Å². The predicted molar refractivity (Wildman–Crippen MR) is 120 cm³/mol. The van der Waals surface area contributed by atoms with Crippen LogP contribution in [0.15, 0.2) is 42.6 Å². The van der Waals surface area contributed by atoms with Crippen LogP contribution >= 0.6 is 11.6 Å². The van der Waals surface area contributed by atoms with Gasteiger partial charge in [0.25, 0.3) is 0 Å². The molecule has 0 spiro atoms. The monoisotopic (exact) mass is 409 g/mol. The number of ether oxygens (including phenoxy) is 2. The minimum absolute atomic E-state index is 0.342.